The second-order valence-corrected chi connectivity index (χ2v) is 4.39. The Kier molecular flexibility index (Phi) is 5.76. The maximum atomic E-state index is 5.75. The average Bonchev–Trinajstić information content (AvgIpc) is 2.53. The molecule has 0 saturated heterocycles. The Bertz CT molecular complexity index is 557. The van der Waals surface area contributed by atoms with E-state index in [-0.39, 0.29) is 0 Å². The second-order valence-electron chi connectivity index (χ2n) is 4.39. The van der Waals surface area contributed by atoms with E-state index in [1.54, 1.807) is 7.11 Å². The first-order chi connectivity index (χ1) is 10.3. The van der Waals surface area contributed by atoms with Crippen molar-refractivity contribution in [3.63, 3.8) is 0 Å². The van der Waals surface area contributed by atoms with E-state index in [9.17, 15) is 0 Å². The van der Waals surface area contributed by atoms with Gasteiger partial charge in [-0.1, -0.05) is 18.2 Å². The fourth-order valence-electron chi connectivity index (χ4n) is 1.93. The lowest BCUT2D eigenvalue weighted by molar-refractivity contribution is 0.284. The molecular formula is C17H21NO3. The van der Waals surface area contributed by atoms with E-state index in [0.29, 0.717) is 19.8 Å². The van der Waals surface area contributed by atoms with Crippen molar-refractivity contribution in [2.24, 2.45) is 0 Å². The zero-order valence-corrected chi connectivity index (χ0v) is 12.5. The van der Waals surface area contributed by atoms with Crippen LogP contribution in [0.15, 0.2) is 48.5 Å². The van der Waals surface area contributed by atoms with Gasteiger partial charge < -0.3 is 19.5 Å². The Morgan fingerprint density at radius 2 is 1.71 bits per heavy atom. The minimum atomic E-state index is 0.557. The Morgan fingerprint density at radius 3 is 2.43 bits per heavy atom. The largest absolute Gasteiger partial charge is 0.497 e. The predicted molar refractivity (Wildman–Crippen MR) is 84.6 cm³/mol. The van der Waals surface area contributed by atoms with Crippen molar-refractivity contribution in [3.05, 3.63) is 48.5 Å². The molecule has 0 unspecified atom stereocenters. The lowest BCUT2D eigenvalue weighted by Gasteiger charge is -2.12. The van der Waals surface area contributed by atoms with Crippen LogP contribution in [0, 0.1) is 0 Å². The van der Waals surface area contributed by atoms with Gasteiger partial charge in [0, 0.05) is 18.3 Å². The highest BCUT2D eigenvalue weighted by molar-refractivity contribution is 5.48. The summed E-state index contributed by atoms with van der Waals surface area (Å²) in [5.41, 5.74) is 1.01. The molecule has 4 nitrogen and oxygen atoms in total. The van der Waals surface area contributed by atoms with E-state index in [1.165, 1.54) is 0 Å². The first-order valence-corrected chi connectivity index (χ1v) is 7.06. The van der Waals surface area contributed by atoms with E-state index in [0.717, 1.165) is 22.9 Å². The molecule has 21 heavy (non-hydrogen) atoms. The normalized spacial score (nSPS) is 10.0. The predicted octanol–water partition coefficient (Wildman–Crippen LogP) is 3.58. The molecule has 1 N–H and O–H groups in total. The van der Waals surface area contributed by atoms with Gasteiger partial charge >= 0.3 is 0 Å². The summed E-state index contributed by atoms with van der Waals surface area (Å²) >= 11 is 0. The summed E-state index contributed by atoms with van der Waals surface area (Å²) in [5, 5.41) is 3.30. The Labute approximate surface area is 125 Å². The standard InChI is InChI=1S/C17H21NO3/c1-3-20-16-9-4-5-10-17(16)21-12-11-18-14-7-6-8-15(13-14)19-2/h4-10,13,18H,3,11-12H2,1-2H3. The smallest absolute Gasteiger partial charge is 0.161 e. The van der Waals surface area contributed by atoms with Crippen LogP contribution in [0.4, 0.5) is 5.69 Å². The lowest BCUT2D eigenvalue weighted by Crippen LogP contribution is -2.12. The quantitative estimate of drug-likeness (QED) is 0.753. The van der Waals surface area contributed by atoms with E-state index < -0.39 is 0 Å². The zero-order chi connectivity index (χ0) is 14.9. The Hall–Kier alpha value is -2.36. The van der Waals surface area contributed by atoms with Crippen LogP contribution in [0.1, 0.15) is 6.92 Å². The number of rotatable bonds is 8. The lowest BCUT2D eigenvalue weighted by atomic mass is 10.3. The van der Waals surface area contributed by atoms with Gasteiger partial charge in [0.15, 0.2) is 11.5 Å². The summed E-state index contributed by atoms with van der Waals surface area (Å²) in [4.78, 5) is 0. The highest BCUT2D eigenvalue weighted by atomic mass is 16.5. The molecule has 0 fully saturated rings. The van der Waals surface area contributed by atoms with Gasteiger partial charge in [-0.3, -0.25) is 0 Å². The Balaban J connectivity index is 1.81. The fraction of sp³-hybridized carbons (Fsp3) is 0.294. The molecule has 112 valence electrons. The topological polar surface area (TPSA) is 39.7 Å². The fourth-order valence-corrected chi connectivity index (χ4v) is 1.93. The Morgan fingerprint density at radius 1 is 0.952 bits per heavy atom. The van der Waals surface area contributed by atoms with Crippen LogP contribution in [0.5, 0.6) is 17.2 Å². The third kappa shape index (κ3) is 4.60. The van der Waals surface area contributed by atoms with Crippen LogP contribution < -0.4 is 19.5 Å². The maximum Gasteiger partial charge on any atom is 0.161 e. The molecule has 0 aromatic heterocycles. The summed E-state index contributed by atoms with van der Waals surface area (Å²) in [6.45, 7) is 3.85. The number of methoxy groups -OCH3 is 1. The van der Waals surface area contributed by atoms with Crippen LogP contribution in [0.3, 0.4) is 0 Å². The summed E-state index contributed by atoms with van der Waals surface area (Å²) < 4.78 is 16.5. The molecule has 2 rings (SSSR count). The zero-order valence-electron chi connectivity index (χ0n) is 12.5. The first-order valence-electron chi connectivity index (χ1n) is 7.06. The van der Waals surface area contributed by atoms with Gasteiger partial charge in [0.1, 0.15) is 12.4 Å². The third-order valence-corrected chi connectivity index (χ3v) is 2.91. The summed E-state index contributed by atoms with van der Waals surface area (Å²) in [5.74, 6) is 2.38. The molecule has 4 heteroatoms. The number of hydrogen-bond acceptors (Lipinski definition) is 4. The van der Waals surface area contributed by atoms with Crippen LogP contribution >= 0.6 is 0 Å². The SMILES string of the molecule is CCOc1ccccc1OCCNc1cccc(OC)c1. The van der Waals surface area contributed by atoms with Crippen molar-refractivity contribution in [3.8, 4) is 17.2 Å². The number of ether oxygens (including phenoxy) is 3. The molecule has 0 bridgehead atoms. The highest BCUT2D eigenvalue weighted by Gasteiger charge is 2.03. The third-order valence-electron chi connectivity index (χ3n) is 2.91. The van der Waals surface area contributed by atoms with Crippen LogP contribution in [0.2, 0.25) is 0 Å². The average molecular weight is 287 g/mol. The van der Waals surface area contributed by atoms with Crippen molar-refractivity contribution in [1.82, 2.24) is 0 Å². The van der Waals surface area contributed by atoms with Crippen molar-refractivity contribution in [2.45, 2.75) is 6.92 Å². The van der Waals surface area contributed by atoms with Crippen molar-refractivity contribution in [1.29, 1.82) is 0 Å². The summed E-state index contributed by atoms with van der Waals surface area (Å²) in [7, 11) is 1.66. The number of benzene rings is 2. The van der Waals surface area contributed by atoms with Gasteiger partial charge in [-0.15, -0.1) is 0 Å². The van der Waals surface area contributed by atoms with Crippen molar-refractivity contribution in [2.75, 3.05) is 32.2 Å². The maximum absolute atomic E-state index is 5.75. The number of para-hydroxylation sites is 2. The van der Waals surface area contributed by atoms with E-state index in [1.807, 2.05) is 55.5 Å². The molecule has 0 atom stereocenters. The van der Waals surface area contributed by atoms with E-state index in [2.05, 4.69) is 5.32 Å². The minimum absolute atomic E-state index is 0.557. The molecule has 2 aromatic rings. The van der Waals surface area contributed by atoms with Crippen LogP contribution in [-0.2, 0) is 0 Å². The van der Waals surface area contributed by atoms with E-state index in [4.69, 9.17) is 14.2 Å². The highest BCUT2D eigenvalue weighted by Crippen LogP contribution is 2.26. The first kappa shape index (κ1) is 15.0. The van der Waals surface area contributed by atoms with Crippen LogP contribution in [-0.4, -0.2) is 26.9 Å². The van der Waals surface area contributed by atoms with Gasteiger partial charge in [-0.25, -0.2) is 0 Å². The molecule has 0 aliphatic rings. The minimum Gasteiger partial charge on any atom is -0.497 e. The molecule has 0 saturated carbocycles. The molecule has 0 aliphatic heterocycles. The van der Waals surface area contributed by atoms with Gasteiger partial charge in [0.2, 0.25) is 0 Å². The molecule has 0 heterocycles. The second kappa shape index (κ2) is 8.04. The van der Waals surface area contributed by atoms with Crippen molar-refractivity contribution >= 4 is 5.69 Å². The van der Waals surface area contributed by atoms with Crippen LogP contribution in [0.25, 0.3) is 0 Å². The van der Waals surface area contributed by atoms with E-state index >= 15 is 0 Å². The molecule has 2 aromatic carbocycles. The van der Waals surface area contributed by atoms with Gasteiger partial charge in [0.25, 0.3) is 0 Å². The van der Waals surface area contributed by atoms with Gasteiger partial charge in [0.05, 0.1) is 13.7 Å². The summed E-state index contributed by atoms with van der Waals surface area (Å²) in [6, 6.07) is 15.5. The number of anilines is 1. The van der Waals surface area contributed by atoms with Gasteiger partial charge in [-0.05, 0) is 31.2 Å². The number of hydrogen-bond donors (Lipinski definition) is 1. The molecule has 0 radical (unpaired) electrons. The molecule has 0 amide bonds. The molecule has 0 spiro atoms. The monoisotopic (exact) mass is 287 g/mol. The molecule has 0 aliphatic carbocycles. The van der Waals surface area contributed by atoms with Crippen molar-refractivity contribution < 1.29 is 14.2 Å². The number of nitrogens with one attached hydrogen (secondary N) is 1. The summed E-state index contributed by atoms with van der Waals surface area (Å²) in [6.07, 6.45) is 0. The molecular weight excluding hydrogens is 266 g/mol. The van der Waals surface area contributed by atoms with Gasteiger partial charge in [-0.2, -0.15) is 0 Å².